The molecular weight excluding hydrogens is 1560 g/mol. The zero-order valence-electron chi connectivity index (χ0n) is 67.9. The third-order valence-corrected chi connectivity index (χ3v) is 27.8. The summed E-state index contributed by atoms with van der Waals surface area (Å²) in [7, 11) is 0. The van der Waals surface area contributed by atoms with Crippen LogP contribution < -0.4 is 30.3 Å². The minimum absolute atomic E-state index is 0. The second-order valence-electron chi connectivity index (χ2n) is 35.5. The van der Waals surface area contributed by atoms with E-state index in [1.807, 2.05) is 30.3 Å². The zero-order chi connectivity index (χ0) is 83.3. The van der Waals surface area contributed by atoms with Crippen LogP contribution in [0.1, 0.15) is 242 Å². The predicted octanol–water partition coefficient (Wildman–Crippen LogP) is 14.7. The number of Topliss-reactive ketones (excluding diaryl/α,β-unsaturated/α-hetero) is 2. The summed E-state index contributed by atoms with van der Waals surface area (Å²) in [5, 5.41) is 26.9. The van der Waals surface area contributed by atoms with Crippen molar-refractivity contribution in [3.05, 3.63) is 193 Å². The van der Waals surface area contributed by atoms with Crippen molar-refractivity contribution < 1.29 is 61.8 Å². The molecule has 3 N–H and O–H groups in total. The first-order valence-corrected chi connectivity index (χ1v) is 41.8. The number of nitrogens with one attached hydrogen (secondary N) is 3. The molecule has 10 aliphatic rings. The number of anilines is 1. The number of imide groups is 4. The van der Waals surface area contributed by atoms with E-state index in [2.05, 4.69) is 122 Å². The van der Waals surface area contributed by atoms with Crippen molar-refractivity contribution in [1.29, 1.82) is 10.5 Å². The zero-order valence-corrected chi connectivity index (χ0v) is 70.3. The molecule has 0 spiro atoms. The number of ether oxygens (including phenoxy) is 2. The Morgan fingerprint density at radius 3 is 1.24 bits per heavy atom. The normalized spacial score (nSPS) is 26.2. The minimum atomic E-state index is -1.02. The summed E-state index contributed by atoms with van der Waals surface area (Å²) in [5.74, 6) is -2.04. The highest BCUT2D eigenvalue weighted by Crippen LogP contribution is 2.63. The Balaban J connectivity index is 0.000000172. The number of nitrogens with zero attached hydrogens (tertiary/aromatic N) is 7. The Kier molecular flexibility index (Phi) is 25.5. The van der Waals surface area contributed by atoms with E-state index in [0.717, 1.165) is 110 Å². The first-order chi connectivity index (χ1) is 55.8. The lowest BCUT2D eigenvalue weighted by Crippen LogP contribution is -2.66. The molecule has 118 heavy (non-hydrogen) atoms. The van der Waals surface area contributed by atoms with Gasteiger partial charge in [-0.1, -0.05) is 127 Å². The number of benzene rings is 6. The summed E-state index contributed by atoms with van der Waals surface area (Å²) in [5.41, 5.74) is 5.75. The Hall–Kier alpha value is -9.72. The number of piperidine rings is 2. The van der Waals surface area contributed by atoms with Crippen LogP contribution in [0.15, 0.2) is 121 Å². The maximum absolute atomic E-state index is 13.6. The number of nitriles is 2. The molecule has 2 unspecified atom stereocenters. The number of hydrogen-bond donors (Lipinski definition) is 3. The lowest BCUT2D eigenvalue weighted by atomic mass is 9.44. The molecular formula is C92H102Cl3FN10O12. The summed E-state index contributed by atoms with van der Waals surface area (Å²) < 4.78 is 26.0. The summed E-state index contributed by atoms with van der Waals surface area (Å²) in [6.45, 7) is 25.4. The highest BCUT2D eigenvalue weighted by molar-refractivity contribution is 6.32. The summed E-state index contributed by atoms with van der Waals surface area (Å²) in [4.78, 5) is 134. The second kappa shape index (κ2) is 34.9. The quantitative estimate of drug-likeness (QED) is 0.0565. The number of ketones is 2. The highest BCUT2D eigenvalue weighted by atomic mass is 35.5. The van der Waals surface area contributed by atoms with Gasteiger partial charge in [-0.3, -0.25) is 78.2 Å². The maximum Gasteiger partial charge on any atom is 0.262 e. The number of carbonyl (C=O) groups excluding carboxylic acids is 10. The molecule has 26 heteroatoms. The smallest absolute Gasteiger partial charge is 0.262 e. The molecule has 16 rings (SSSR count). The van der Waals surface area contributed by atoms with Crippen LogP contribution in [0.4, 0.5) is 10.1 Å². The number of fused-ring (bicyclic) bond motifs is 2. The van der Waals surface area contributed by atoms with Gasteiger partial charge in [0.15, 0.2) is 11.6 Å². The van der Waals surface area contributed by atoms with Gasteiger partial charge in [-0.05, 0) is 160 Å². The van der Waals surface area contributed by atoms with Crippen LogP contribution in [-0.2, 0) is 19.2 Å². The van der Waals surface area contributed by atoms with Gasteiger partial charge >= 0.3 is 0 Å². The van der Waals surface area contributed by atoms with E-state index in [4.69, 9.17) is 37.9 Å². The molecule has 8 fully saturated rings. The van der Waals surface area contributed by atoms with E-state index in [1.165, 1.54) is 56.0 Å². The standard InChI is InChI=1S/C46H50ClN5O6.C33H42ClN3O2.C13H9FN2O4.ClH/c1-45(2)39(46(3,4)44(45)58-33-15-11-30(26-48)36(47)24-33)25-38(53)29-7-5-27(6-8-29)28-9-12-31(13-10-28)50-19-21-51(22-20-50)32-14-16-34-35(23-32)43(57)52(42(34)56)37-17-18-40(54)49-41(37)55;1-32(2)30(33(3,4)31(32)39-27-14-11-25(21-35)28(34)19-27)20-29(38)24-7-5-22(6-8-24)23-9-12-26(13-10-23)37-17-15-36-16-18-37;14-6-1-2-7-8(5-6)13(20)16(12(7)19)9-3-4-10(17)15-11(9)18;/h5-8,11,14-16,23-24,28,31,37,39,44H,9-10,12-13,17-22,25H2,1-4H3,(H,49,54,55);5-8,11,14,19,23,26,30-31,36H,9-10,12-13,15-18,20H2,1-4H3;1-2,5,9H,3-4H2,(H,15,17,18);1H. The molecule has 4 saturated heterocycles. The van der Waals surface area contributed by atoms with Crippen molar-refractivity contribution in [2.45, 2.75) is 193 Å². The lowest BCUT2D eigenvalue weighted by Gasteiger charge is -2.63. The molecule has 6 aliphatic heterocycles. The fourth-order valence-corrected chi connectivity index (χ4v) is 21.6. The van der Waals surface area contributed by atoms with E-state index >= 15 is 0 Å². The van der Waals surface area contributed by atoms with Gasteiger partial charge in [-0.15, -0.1) is 12.4 Å². The third-order valence-electron chi connectivity index (χ3n) is 27.2. The molecule has 6 aromatic carbocycles. The predicted molar refractivity (Wildman–Crippen MR) is 446 cm³/mol. The SMILES string of the molecule is CC1(C)C(CC(=O)c2ccc(C3CCC(N4CCN(c5ccc6c(c5)C(=O)N(C5CCC(=O)NC5=O)C6=O)CC4)CC3)cc2)C(C)(C)C1Oc1ccc(C#N)c(Cl)c1.CC1(C)C(CC(=O)c2ccc(C3CCC(N4CCNCC4)CC3)cc2)C(C)(C)C1Oc1ccc(C#N)c(Cl)c1.Cl.O=C1CCC(N2C(=O)c3ccc(F)cc3C2=O)C(=O)N1. The topological polar surface area (TPSA) is 289 Å². The Morgan fingerprint density at radius 2 is 0.847 bits per heavy atom. The number of piperazine rings is 2. The number of rotatable bonds is 17. The molecule has 4 aliphatic carbocycles. The van der Waals surface area contributed by atoms with Crippen molar-refractivity contribution in [1.82, 2.24) is 35.6 Å². The molecule has 2 atom stereocenters. The molecule has 4 saturated carbocycles. The van der Waals surface area contributed by atoms with E-state index in [9.17, 15) is 57.6 Å². The molecule has 620 valence electrons. The Morgan fingerprint density at radius 1 is 0.466 bits per heavy atom. The lowest BCUT2D eigenvalue weighted by molar-refractivity contribution is -0.196. The van der Waals surface area contributed by atoms with E-state index in [0.29, 0.717) is 74.5 Å². The van der Waals surface area contributed by atoms with Crippen LogP contribution in [0.3, 0.4) is 0 Å². The Bertz CT molecular complexity index is 5000. The van der Waals surface area contributed by atoms with Crippen LogP contribution in [0.25, 0.3) is 0 Å². The maximum atomic E-state index is 13.6. The average Bonchev–Trinajstić information content (AvgIpc) is 0.964. The summed E-state index contributed by atoms with van der Waals surface area (Å²) in [6, 6.07) is 39.2. The van der Waals surface area contributed by atoms with Crippen molar-refractivity contribution in [3.8, 4) is 23.6 Å². The second-order valence-corrected chi connectivity index (χ2v) is 36.3. The van der Waals surface area contributed by atoms with E-state index in [1.54, 1.807) is 48.5 Å². The number of amides is 8. The monoisotopic (exact) mass is 1660 g/mol. The van der Waals surface area contributed by atoms with Gasteiger partial charge in [0.25, 0.3) is 23.6 Å². The number of carbonyl (C=O) groups is 10. The molecule has 0 bridgehead atoms. The van der Waals surface area contributed by atoms with E-state index in [-0.39, 0.29) is 106 Å². The first-order valence-electron chi connectivity index (χ1n) is 41.1. The van der Waals surface area contributed by atoms with Gasteiger partial charge in [-0.25, -0.2) is 4.39 Å². The number of hydrogen-bond acceptors (Lipinski definition) is 18. The van der Waals surface area contributed by atoms with Crippen LogP contribution in [0.2, 0.25) is 10.0 Å². The molecule has 22 nitrogen and oxygen atoms in total. The van der Waals surface area contributed by atoms with Crippen LogP contribution in [0.5, 0.6) is 11.5 Å². The third kappa shape index (κ3) is 17.1. The summed E-state index contributed by atoms with van der Waals surface area (Å²) >= 11 is 12.5. The molecule has 6 aromatic rings. The molecule has 0 radical (unpaired) electrons. The van der Waals surface area contributed by atoms with Crippen LogP contribution in [0, 0.1) is 62.0 Å². The van der Waals surface area contributed by atoms with Gasteiger partial charge in [-0.2, -0.15) is 10.5 Å². The first kappa shape index (κ1) is 86.1. The van der Waals surface area contributed by atoms with Crippen LogP contribution in [-0.4, -0.2) is 167 Å². The van der Waals surface area contributed by atoms with Gasteiger partial charge in [0, 0.05) is 141 Å². The van der Waals surface area contributed by atoms with Crippen LogP contribution >= 0.6 is 35.6 Å². The van der Waals surface area contributed by atoms with Gasteiger partial charge < -0.3 is 19.7 Å². The van der Waals surface area contributed by atoms with E-state index < -0.39 is 65.2 Å². The van der Waals surface area contributed by atoms with Crippen molar-refractivity contribution in [3.63, 3.8) is 0 Å². The van der Waals surface area contributed by atoms with Crippen molar-refractivity contribution in [2.24, 2.45) is 33.5 Å². The van der Waals surface area contributed by atoms with Gasteiger partial charge in [0.1, 0.15) is 53.7 Å². The average molecular weight is 1670 g/mol. The summed E-state index contributed by atoms with van der Waals surface area (Å²) in [6.07, 6.45) is 10.6. The minimum Gasteiger partial charge on any atom is -0.489 e. The highest BCUT2D eigenvalue weighted by Gasteiger charge is 2.65. The largest absolute Gasteiger partial charge is 0.489 e. The van der Waals surface area contributed by atoms with Crippen molar-refractivity contribution >= 4 is 100 Å². The molecule has 8 amide bonds. The van der Waals surface area contributed by atoms with Gasteiger partial charge in [0.05, 0.1) is 43.4 Å². The molecule has 6 heterocycles. The fourth-order valence-electron chi connectivity index (χ4n) is 21.2. The molecule has 0 aromatic heterocycles. The Labute approximate surface area is 704 Å². The fraction of sp³-hybridized carbons (Fsp3) is 0.478. The number of halogens is 4. The van der Waals surface area contributed by atoms with Gasteiger partial charge in [0.2, 0.25) is 23.6 Å². The van der Waals surface area contributed by atoms with Crippen molar-refractivity contribution in [2.75, 3.05) is 57.3 Å².